The van der Waals surface area contributed by atoms with Gasteiger partial charge in [-0.05, 0) is 108 Å². The van der Waals surface area contributed by atoms with E-state index in [0.717, 1.165) is 37.8 Å². The van der Waals surface area contributed by atoms with Crippen molar-refractivity contribution in [3.05, 3.63) is 122 Å². The van der Waals surface area contributed by atoms with Crippen LogP contribution in [0.4, 0.5) is 13.2 Å². The second-order valence-corrected chi connectivity index (χ2v) is 16.4. The number of carboxylic acids is 1. The average Bonchev–Trinajstić information content (AvgIpc) is 3.74. The number of pyridine rings is 2. The quantitative estimate of drug-likeness (QED) is 0.0958. The van der Waals surface area contributed by atoms with Gasteiger partial charge in [-0.2, -0.15) is 13.2 Å². The molecule has 312 valence electrons. The van der Waals surface area contributed by atoms with Gasteiger partial charge in [0.15, 0.2) is 0 Å². The summed E-state index contributed by atoms with van der Waals surface area (Å²) in [4.78, 5) is 31.3. The van der Waals surface area contributed by atoms with Crippen molar-refractivity contribution in [2.24, 2.45) is 5.73 Å². The highest BCUT2D eigenvalue weighted by atomic mass is 79.9. The molecule has 3 N–H and O–H groups in total. The standard InChI is InChI=1S/C17H25BO4.C11H10N2O2.C7H7BrClN.C6H4BrF3O/c1-15(2,14(19)20-7)12-9-8-10-13(11-12)18-21-16(3,4)17(5,6)22-18;1-6-7(2)13-9-5-12-4-3-8(9)10(6)11(14)15;8-6-2-1-5(4-10)7(9)3-6;7-3-4-1-2-5(11-4)6(8,9)10/h8-11H,1-7H3;3-5H,1-2H3,(H,14,15);1-3H,4,10H2;1-2H,3H2. The number of fused-ring (bicyclic) bond motifs is 1. The van der Waals surface area contributed by atoms with Crippen molar-refractivity contribution >= 4 is 78.9 Å². The Hall–Kier alpha value is -3.80. The summed E-state index contributed by atoms with van der Waals surface area (Å²) >= 11 is 12.1. The Morgan fingerprint density at radius 3 is 2.14 bits per heavy atom. The number of carbonyl (C=O) groups excluding carboxylic acids is 1. The lowest BCUT2D eigenvalue weighted by molar-refractivity contribution is -0.153. The van der Waals surface area contributed by atoms with Crippen LogP contribution in [0.25, 0.3) is 10.9 Å². The first-order valence-electron chi connectivity index (χ1n) is 17.7. The minimum absolute atomic E-state index is 0.265. The molecule has 17 heteroatoms. The second-order valence-electron chi connectivity index (χ2n) is 14.6. The molecular formula is C41H46BBr2ClF3N3O7. The lowest BCUT2D eigenvalue weighted by Gasteiger charge is -2.32. The van der Waals surface area contributed by atoms with E-state index in [-0.39, 0.29) is 22.9 Å². The van der Waals surface area contributed by atoms with Crippen molar-refractivity contribution in [3.63, 3.8) is 0 Å². The van der Waals surface area contributed by atoms with Crippen LogP contribution in [0, 0.1) is 13.8 Å². The monoisotopic (exact) mass is 953 g/mol. The van der Waals surface area contributed by atoms with Crippen molar-refractivity contribution in [1.82, 2.24) is 9.97 Å². The van der Waals surface area contributed by atoms with Crippen LogP contribution in [0.15, 0.2) is 81.9 Å². The maximum Gasteiger partial charge on any atom is 0.494 e. The number of aryl methyl sites for hydroxylation is 1. The predicted octanol–water partition coefficient (Wildman–Crippen LogP) is 10.1. The summed E-state index contributed by atoms with van der Waals surface area (Å²) in [6, 6.07) is 17.3. The predicted molar refractivity (Wildman–Crippen MR) is 227 cm³/mol. The number of aromatic carboxylic acids is 1. The fourth-order valence-corrected chi connectivity index (χ4v) is 6.38. The number of alkyl halides is 4. The molecule has 0 unspecified atom stereocenters. The minimum atomic E-state index is -4.37. The molecular weight excluding hydrogens is 910 g/mol. The van der Waals surface area contributed by atoms with E-state index < -0.39 is 30.4 Å². The van der Waals surface area contributed by atoms with Crippen LogP contribution < -0.4 is 11.2 Å². The van der Waals surface area contributed by atoms with Crippen LogP contribution in [0.5, 0.6) is 0 Å². The van der Waals surface area contributed by atoms with Gasteiger partial charge in [-0.15, -0.1) is 0 Å². The number of furan rings is 1. The molecule has 0 radical (unpaired) electrons. The SMILES string of the molecule is COC(=O)C(C)(C)c1cccc(B2OC(C)(C)C(C)(C)O2)c1.Cc1nc2cnccc2c(C(=O)O)c1C.FC(F)(F)c1ccc(CBr)o1.NCc1ccc(Br)cc1Cl. The van der Waals surface area contributed by atoms with Gasteiger partial charge in [0.05, 0.1) is 46.3 Å². The number of carbonyl (C=O) groups is 2. The van der Waals surface area contributed by atoms with E-state index in [2.05, 4.69) is 46.2 Å². The molecule has 3 aromatic heterocycles. The van der Waals surface area contributed by atoms with E-state index in [1.54, 1.807) is 32.3 Å². The van der Waals surface area contributed by atoms with Gasteiger partial charge in [-0.3, -0.25) is 14.8 Å². The Morgan fingerprint density at radius 2 is 1.64 bits per heavy atom. The topological polar surface area (TPSA) is 147 Å². The number of aromatic nitrogens is 2. The van der Waals surface area contributed by atoms with Gasteiger partial charge < -0.3 is 29.3 Å². The molecule has 0 atom stereocenters. The van der Waals surface area contributed by atoms with Gasteiger partial charge >= 0.3 is 25.2 Å². The summed E-state index contributed by atoms with van der Waals surface area (Å²) in [5.41, 5.74) is 9.07. The number of rotatable bonds is 6. The summed E-state index contributed by atoms with van der Waals surface area (Å²) in [7, 11) is 0.973. The molecule has 1 saturated heterocycles. The third-order valence-electron chi connectivity index (χ3n) is 9.63. The molecule has 1 aliphatic heterocycles. The van der Waals surface area contributed by atoms with E-state index in [9.17, 15) is 22.8 Å². The normalized spacial score (nSPS) is 14.3. The Labute approximate surface area is 358 Å². The van der Waals surface area contributed by atoms with Gasteiger partial charge in [-0.1, -0.05) is 73.8 Å². The van der Waals surface area contributed by atoms with Crippen molar-refractivity contribution in [3.8, 4) is 0 Å². The van der Waals surface area contributed by atoms with Crippen LogP contribution in [0.2, 0.25) is 5.02 Å². The van der Waals surface area contributed by atoms with E-state index >= 15 is 0 Å². The number of nitrogens with zero attached hydrogens (tertiary/aromatic N) is 2. The van der Waals surface area contributed by atoms with Crippen molar-refractivity contribution < 1.29 is 46.3 Å². The highest BCUT2D eigenvalue weighted by molar-refractivity contribution is 9.10. The number of esters is 1. The molecule has 1 fully saturated rings. The Balaban J connectivity index is 0.000000218. The van der Waals surface area contributed by atoms with Gasteiger partial charge in [0.1, 0.15) is 5.76 Å². The van der Waals surface area contributed by atoms with E-state index in [4.69, 9.17) is 36.5 Å². The van der Waals surface area contributed by atoms with Crippen molar-refractivity contribution in [2.75, 3.05) is 7.11 Å². The Morgan fingerprint density at radius 1 is 1.00 bits per heavy atom. The zero-order valence-corrected chi connectivity index (χ0v) is 37.5. The van der Waals surface area contributed by atoms with E-state index in [1.807, 2.05) is 84.0 Å². The van der Waals surface area contributed by atoms with E-state index in [1.165, 1.54) is 13.2 Å². The fourth-order valence-electron chi connectivity index (χ4n) is 5.33. The fraction of sp³-hybridized carbons (Fsp3) is 0.366. The molecule has 0 saturated carbocycles. The highest BCUT2D eigenvalue weighted by Gasteiger charge is 2.52. The molecule has 0 bridgehead atoms. The first-order chi connectivity index (χ1) is 26.9. The highest BCUT2D eigenvalue weighted by Crippen LogP contribution is 2.37. The number of hydrogen-bond acceptors (Lipinski definition) is 9. The average molecular weight is 956 g/mol. The lowest BCUT2D eigenvalue weighted by Crippen LogP contribution is -2.41. The van der Waals surface area contributed by atoms with Gasteiger partial charge in [0, 0.05) is 33.3 Å². The van der Waals surface area contributed by atoms with Gasteiger partial charge in [-0.25, -0.2) is 4.79 Å². The van der Waals surface area contributed by atoms with Crippen LogP contribution in [-0.2, 0) is 42.3 Å². The lowest BCUT2D eigenvalue weighted by atomic mass is 9.75. The Kier molecular flexibility index (Phi) is 16.7. The number of methoxy groups -OCH3 is 1. The molecule has 0 amide bonds. The van der Waals surface area contributed by atoms with Crippen LogP contribution >= 0.6 is 43.5 Å². The minimum Gasteiger partial charge on any atom is -0.478 e. The first kappa shape index (κ1) is 48.6. The van der Waals surface area contributed by atoms with Crippen LogP contribution in [0.3, 0.4) is 0 Å². The maximum absolute atomic E-state index is 12.0. The number of hydrogen-bond donors (Lipinski definition) is 2. The molecule has 0 spiro atoms. The summed E-state index contributed by atoms with van der Waals surface area (Å²) in [6.07, 6.45) is -1.22. The molecule has 6 rings (SSSR count). The molecule has 5 aromatic rings. The summed E-state index contributed by atoms with van der Waals surface area (Å²) in [5, 5.41) is 10.8. The smallest absolute Gasteiger partial charge is 0.478 e. The summed E-state index contributed by atoms with van der Waals surface area (Å²) < 4.78 is 57.9. The molecule has 0 aliphatic carbocycles. The first-order valence-corrected chi connectivity index (χ1v) is 20.0. The van der Waals surface area contributed by atoms with Gasteiger partial charge in [0.25, 0.3) is 0 Å². The number of halogens is 6. The molecule has 10 nitrogen and oxygen atoms in total. The van der Waals surface area contributed by atoms with Crippen molar-refractivity contribution in [1.29, 1.82) is 0 Å². The molecule has 2 aromatic carbocycles. The molecule has 58 heavy (non-hydrogen) atoms. The Bertz CT molecular complexity index is 2200. The number of carboxylic acid groups (broad SMARTS) is 1. The molecule has 1 aliphatic rings. The number of benzene rings is 2. The van der Waals surface area contributed by atoms with E-state index in [0.29, 0.717) is 33.9 Å². The largest absolute Gasteiger partial charge is 0.494 e. The third-order valence-corrected chi connectivity index (χ3v) is 11.0. The zero-order chi connectivity index (χ0) is 43.8. The second kappa shape index (κ2) is 20.0. The zero-order valence-electron chi connectivity index (χ0n) is 33.6. The number of nitrogens with two attached hydrogens (primary N) is 1. The third kappa shape index (κ3) is 12.1. The number of ether oxygens (including phenoxy) is 1. The summed E-state index contributed by atoms with van der Waals surface area (Å²) in [6.45, 7) is 15.9. The van der Waals surface area contributed by atoms with Crippen molar-refractivity contribution in [2.45, 2.75) is 90.1 Å². The van der Waals surface area contributed by atoms with Gasteiger partial charge in [0.2, 0.25) is 5.76 Å². The van der Waals surface area contributed by atoms with Crippen LogP contribution in [-0.4, -0.2) is 52.4 Å². The molecule has 4 heterocycles. The maximum atomic E-state index is 12.0. The summed E-state index contributed by atoms with van der Waals surface area (Å²) in [5.74, 6) is -1.86. The van der Waals surface area contributed by atoms with Crippen LogP contribution in [0.1, 0.15) is 85.8 Å².